The predicted molar refractivity (Wildman–Crippen MR) is 70.2 cm³/mol. The number of benzene rings is 1. The molecule has 0 spiro atoms. The highest BCUT2D eigenvalue weighted by Gasteiger charge is 2.12. The second kappa shape index (κ2) is 8.30. The Hall–Kier alpha value is -0.830. The molecule has 0 unspecified atom stereocenters. The number of ether oxygens (including phenoxy) is 1. The van der Waals surface area contributed by atoms with Crippen molar-refractivity contribution in [2.45, 2.75) is 44.9 Å². The Bertz CT molecular complexity index is 346. The maximum atomic E-state index is 13.5. The Morgan fingerprint density at radius 2 is 1.67 bits per heavy atom. The molecule has 0 N–H and O–H groups in total. The fourth-order valence-electron chi connectivity index (χ4n) is 1.71. The summed E-state index contributed by atoms with van der Waals surface area (Å²) in [4.78, 5) is 0. The molecular weight excluding hydrogens is 258 g/mol. The first-order valence-corrected chi connectivity index (χ1v) is 6.89. The van der Waals surface area contributed by atoms with Gasteiger partial charge in [-0.05, 0) is 24.1 Å². The zero-order valence-corrected chi connectivity index (χ0v) is 11.4. The summed E-state index contributed by atoms with van der Waals surface area (Å²) in [5.41, 5.74) is 0.418. The average Bonchev–Trinajstić information content (AvgIpc) is 2.35. The lowest BCUT2D eigenvalue weighted by atomic mass is 10.2. The number of hydrogen-bond donors (Lipinski definition) is 0. The fraction of sp³-hybridized carbons (Fsp3) is 0.571. The smallest absolute Gasteiger partial charge is 0.190 e. The second-order valence-electron chi connectivity index (χ2n) is 4.28. The summed E-state index contributed by atoms with van der Waals surface area (Å²) >= 11 is 5.52. The van der Waals surface area contributed by atoms with Gasteiger partial charge in [-0.3, -0.25) is 0 Å². The average molecular weight is 277 g/mol. The summed E-state index contributed by atoms with van der Waals surface area (Å²) in [6.45, 7) is 2.48. The monoisotopic (exact) mass is 276 g/mol. The molecule has 0 saturated carbocycles. The minimum absolute atomic E-state index is 0.0884. The molecule has 0 bridgehead atoms. The minimum atomic E-state index is -0.681. The Morgan fingerprint density at radius 1 is 1.06 bits per heavy atom. The maximum absolute atomic E-state index is 13.5. The van der Waals surface area contributed by atoms with Crippen molar-refractivity contribution in [3.05, 3.63) is 29.3 Å². The predicted octanol–water partition coefficient (Wildman–Crippen LogP) is 5.05. The van der Waals surface area contributed by atoms with Crippen molar-refractivity contribution >= 4 is 11.6 Å². The molecular formula is C14H19ClF2O. The molecule has 102 valence electrons. The third kappa shape index (κ3) is 4.81. The Morgan fingerprint density at radius 3 is 2.22 bits per heavy atom. The summed E-state index contributed by atoms with van der Waals surface area (Å²) in [7, 11) is 0. The van der Waals surface area contributed by atoms with Crippen LogP contribution in [0.2, 0.25) is 0 Å². The summed E-state index contributed by atoms with van der Waals surface area (Å²) in [6, 6.07) is 2.42. The van der Waals surface area contributed by atoms with Gasteiger partial charge in [0.2, 0.25) is 0 Å². The van der Waals surface area contributed by atoms with E-state index in [-0.39, 0.29) is 11.6 Å². The van der Waals surface area contributed by atoms with Crippen molar-refractivity contribution in [3.8, 4) is 5.75 Å². The van der Waals surface area contributed by atoms with E-state index in [0.29, 0.717) is 12.2 Å². The molecule has 0 aromatic heterocycles. The van der Waals surface area contributed by atoms with Gasteiger partial charge < -0.3 is 4.74 Å². The summed E-state index contributed by atoms with van der Waals surface area (Å²) in [5, 5.41) is 0. The molecule has 0 atom stereocenters. The van der Waals surface area contributed by atoms with Gasteiger partial charge in [-0.2, -0.15) is 0 Å². The van der Waals surface area contributed by atoms with E-state index in [1.165, 1.54) is 25.0 Å². The van der Waals surface area contributed by atoms with Crippen LogP contribution in [0.3, 0.4) is 0 Å². The molecule has 1 rings (SSSR count). The Balaban J connectivity index is 2.42. The number of unbranched alkanes of at least 4 members (excludes halogenated alkanes) is 4. The quantitative estimate of drug-likeness (QED) is 0.477. The lowest BCUT2D eigenvalue weighted by Gasteiger charge is -2.09. The molecule has 1 aromatic carbocycles. The van der Waals surface area contributed by atoms with Crippen molar-refractivity contribution in [2.75, 3.05) is 6.61 Å². The Kier molecular flexibility index (Phi) is 7.02. The molecule has 0 heterocycles. The van der Waals surface area contributed by atoms with Crippen LogP contribution in [-0.2, 0) is 5.88 Å². The van der Waals surface area contributed by atoms with E-state index in [9.17, 15) is 8.78 Å². The number of rotatable bonds is 8. The summed E-state index contributed by atoms with van der Waals surface area (Å²) in [5.74, 6) is -1.57. The summed E-state index contributed by atoms with van der Waals surface area (Å²) in [6.07, 6.45) is 5.33. The van der Waals surface area contributed by atoms with E-state index in [1.54, 1.807) is 0 Å². The largest absolute Gasteiger partial charge is 0.488 e. The van der Waals surface area contributed by atoms with Crippen LogP contribution >= 0.6 is 11.6 Å². The highest BCUT2D eigenvalue weighted by Crippen LogP contribution is 2.24. The standard InChI is InChI=1S/C14H19ClF2O/c1-2-3-4-5-6-7-18-14-12(16)8-11(10-15)9-13(14)17/h8-9H,2-7,10H2,1H3. The van der Waals surface area contributed by atoms with E-state index >= 15 is 0 Å². The molecule has 0 aliphatic rings. The zero-order chi connectivity index (χ0) is 13.4. The Labute approximate surface area is 112 Å². The van der Waals surface area contributed by atoms with E-state index in [4.69, 9.17) is 16.3 Å². The molecule has 0 saturated heterocycles. The second-order valence-corrected chi connectivity index (χ2v) is 4.55. The van der Waals surface area contributed by atoms with Crippen LogP contribution in [-0.4, -0.2) is 6.61 Å². The normalized spacial score (nSPS) is 10.7. The summed E-state index contributed by atoms with van der Waals surface area (Å²) < 4.78 is 32.2. The van der Waals surface area contributed by atoms with Crippen molar-refractivity contribution in [1.29, 1.82) is 0 Å². The first kappa shape index (κ1) is 15.2. The molecule has 18 heavy (non-hydrogen) atoms. The molecule has 0 fully saturated rings. The van der Waals surface area contributed by atoms with Crippen LogP contribution in [0.1, 0.15) is 44.6 Å². The van der Waals surface area contributed by atoms with Gasteiger partial charge in [-0.25, -0.2) is 8.78 Å². The lowest BCUT2D eigenvalue weighted by molar-refractivity contribution is 0.275. The molecule has 0 amide bonds. The number of halogens is 3. The van der Waals surface area contributed by atoms with E-state index in [1.807, 2.05) is 0 Å². The van der Waals surface area contributed by atoms with E-state index < -0.39 is 11.6 Å². The van der Waals surface area contributed by atoms with Gasteiger partial charge in [0.15, 0.2) is 17.4 Å². The van der Waals surface area contributed by atoms with E-state index in [0.717, 1.165) is 19.3 Å². The molecule has 1 nitrogen and oxygen atoms in total. The molecule has 0 aliphatic heterocycles. The van der Waals surface area contributed by atoms with Crippen LogP contribution in [0, 0.1) is 11.6 Å². The van der Waals surface area contributed by atoms with Gasteiger partial charge in [0.1, 0.15) is 0 Å². The van der Waals surface area contributed by atoms with Gasteiger partial charge in [-0.15, -0.1) is 11.6 Å². The van der Waals surface area contributed by atoms with Gasteiger partial charge in [0, 0.05) is 5.88 Å². The first-order valence-electron chi connectivity index (χ1n) is 6.35. The van der Waals surface area contributed by atoms with Gasteiger partial charge in [0.05, 0.1) is 6.61 Å². The van der Waals surface area contributed by atoms with E-state index in [2.05, 4.69) is 6.92 Å². The zero-order valence-electron chi connectivity index (χ0n) is 10.6. The van der Waals surface area contributed by atoms with Crippen molar-refractivity contribution in [2.24, 2.45) is 0 Å². The third-order valence-electron chi connectivity index (χ3n) is 2.71. The highest BCUT2D eigenvalue weighted by molar-refractivity contribution is 6.17. The maximum Gasteiger partial charge on any atom is 0.190 e. The first-order chi connectivity index (χ1) is 8.69. The van der Waals surface area contributed by atoms with Gasteiger partial charge >= 0.3 is 0 Å². The van der Waals surface area contributed by atoms with Gasteiger partial charge in [-0.1, -0.05) is 32.6 Å². The fourth-order valence-corrected chi connectivity index (χ4v) is 1.86. The van der Waals surface area contributed by atoms with Crippen LogP contribution in [0.15, 0.2) is 12.1 Å². The third-order valence-corrected chi connectivity index (χ3v) is 3.02. The van der Waals surface area contributed by atoms with Crippen LogP contribution < -0.4 is 4.74 Å². The molecule has 1 aromatic rings. The molecule has 0 aliphatic carbocycles. The van der Waals surface area contributed by atoms with Crippen molar-refractivity contribution in [1.82, 2.24) is 0 Å². The van der Waals surface area contributed by atoms with Crippen LogP contribution in [0.5, 0.6) is 5.75 Å². The highest BCUT2D eigenvalue weighted by atomic mass is 35.5. The molecule has 4 heteroatoms. The topological polar surface area (TPSA) is 9.23 Å². The number of hydrogen-bond acceptors (Lipinski definition) is 1. The van der Waals surface area contributed by atoms with Crippen LogP contribution in [0.4, 0.5) is 8.78 Å². The van der Waals surface area contributed by atoms with Crippen LogP contribution in [0.25, 0.3) is 0 Å². The molecule has 0 radical (unpaired) electrons. The van der Waals surface area contributed by atoms with Gasteiger partial charge in [0.25, 0.3) is 0 Å². The lowest BCUT2D eigenvalue weighted by Crippen LogP contribution is -2.02. The van der Waals surface area contributed by atoms with Crippen molar-refractivity contribution < 1.29 is 13.5 Å². The van der Waals surface area contributed by atoms with Crippen molar-refractivity contribution in [3.63, 3.8) is 0 Å². The minimum Gasteiger partial charge on any atom is -0.488 e. The SMILES string of the molecule is CCCCCCCOc1c(F)cc(CCl)cc1F. The number of alkyl halides is 1.